The number of likely N-dealkylation sites (N-methyl/N-ethyl adjacent to an activating group) is 1. The lowest BCUT2D eigenvalue weighted by atomic mass is 9.88. The molecule has 1 atom stereocenters. The minimum Gasteiger partial charge on any atom is -0.380 e. The van der Waals surface area contributed by atoms with Crippen molar-refractivity contribution in [2.75, 3.05) is 33.4 Å². The molecule has 1 aliphatic rings. The van der Waals surface area contributed by atoms with Gasteiger partial charge in [-0.15, -0.1) is 0 Å². The Balaban J connectivity index is 2.46. The predicted molar refractivity (Wildman–Crippen MR) is 63.9 cm³/mol. The maximum absolute atomic E-state index is 5.98. The van der Waals surface area contributed by atoms with Crippen molar-refractivity contribution in [1.82, 2.24) is 4.90 Å². The third-order valence-corrected chi connectivity index (χ3v) is 3.84. The molecule has 0 spiro atoms. The molecule has 0 radical (unpaired) electrons. The minimum atomic E-state index is 0.233. The number of rotatable bonds is 8. The lowest BCUT2D eigenvalue weighted by Gasteiger charge is -2.41. The Labute approximate surface area is 94.0 Å². The van der Waals surface area contributed by atoms with Crippen LogP contribution in [0, 0.1) is 5.92 Å². The minimum absolute atomic E-state index is 0.233. The van der Waals surface area contributed by atoms with Crippen LogP contribution in [-0.2, 0) is 4.74 Å². The fourth-order valence-electron chi connectivity index (χ4n) is 2.53. The van der Waals surface area contributed by atoms with E-state index in [-0.39, 0.29) is 5.54 Å². The van der Waals surface area contributed by atoms with Crippen LogP contribution in [0.3, 0.4) is 0 Å². The average Bonchev–Trinajstić information content (AvgIpc) is 3.05. The number of hydrogen-bond acceptors (Lipinski definition) is 3. The second-order valence-corrected chi connectivity index (χ2v) is 4.55. The van der Waals surface area contributed by atoms with Gasteiger partial charge in [0, 0.05) is 25.2 Å². The van der Waals surface area contributed by atoms with Gasteiger partial charge in [-0.1, -0.05) is 6.92 Å². The van der Waals surface area contributed by atoms with Crippen LogP contribution in [0.5, 0.6) is 0 Å². The summed E-state index contributed by atoms with van der Waals surface area (Å²) in [5, 5.41) is 0. The molecule has 2 N–H and O–H groups in total. The molecule has 3 nitrogen and oxygen atoms in total. The van der Waals surface area contributed by atoms with Crippen LogP contribution >= 0.6 is 0 Å². The Kier molecular flexibility index (Phi) is 5.03. The molecule has 3 heteroatoms. The topological polar surface area (TPSA) is 38.5 Å². The van der Waals surface area contributed by atoms with E-state index in [9.17, 15) is 0 Å². The van der Waals surface area contributed by atoms with E-state index >= 15 is 0 Å². The maximum atomic E-state index is 5.98. The van der Waals surface area contributed by atoms with Gasteiger partial charge in [-0.05, 0) is 39.2 Å². The van der Waals surface area contributed by atoms with Crippen molar-refractivity contribution in [2.45, 2.75) is 38.6 Å². The highest BCUT2D eigenvalue weighted by atomic mass is 16.5. The van der Waals surface area contributed by atoms with Crippen LogP contribution in [0.2, 0.25) is 0 Å². The van der Waals surface area contributed by atoms with Crippen molar-refractivity contribution in [3.8, 4) is 0 Å². The first kappa shape index (κ1) is 12.9. The zero-order valence-corrected chi connectivity index (χ0v) is 10.5. The molecule has 0 aromatic rings. The largest absolute Gasteiger partial charge is 0.380 e. The molecule has 15 heavy (non-hydrogen) atoms. The van der Waals surface area contributed by atoms with Gasteiger partial charge in [0.25, 0.3) is 0 Å². The molecule has 0 heterocycles. The molecule has 1 unspecified atom stereocenters. The van der Waals surface area contributed by atoms with E-state index in [4.69, 9.17) is 10.5 Å². The smallest absolute Gasteiger partial charge is 0.0593 e. The summed E-state index contributed by atoms with van der Waals surface area (Å²) in [4.78, 5) is 2.42. The standard InChI is InChI=1S/C12H26N2O/c1-4-12(10-13,11-6-7-11)14(3)8-9-15-5-2/h11H,4-10,13H2,1-3H3. The van der Waals surface area contributed by atoms with Gasteiger partial charge in [0.15, 0.2) is 0 Å². The van der Waals surface area contributed by atoms with Gasteiger partial charge in [0.2, 0.25) is 0 Å². The summed E-state index contributed by atoms with van der Waals surface area (Å²) >= 11 is 0. The second-order valence-electron chi connectivity index (χ2n) is 4.55. The first-order valence-corrected chi connectivity index (χ1v) is 6.20. The van der Waals surface area contributed by atoms with Gasteiger partial charge >= 0.3 is 0 Å². The van der Waals surface area contributed by atoms with Gasteiger partial charge in [-0.2, -0.15) is 0 Å². The van der Waals surface area contributed by atoms with Gasteiger partial charge in [0.05, 0.1) is 6.61 Å². The normalized spacial score (nSPS) is 20.6. The van der Waals surface area contributed by atoms with Crippen molar-refractivity contribution in [3.63, 3.8) is 0 Å². The molecule has 1 fully saturated rings. The number of hydrogen-bond donors (Lipinski definition) is 1. The summed E-state index contributed by atoms with van der Waals surface area (Å²) in [5.74, 6) is 0.819. The zero-order chi connectivity index (χ0) is 11.3. The van der Waals surface area contributed by atoms with E-state index in [2.05, 4.69) is 18.9 Å². The Hall–Kier alpha value is -0.120. The van der Waals surface area contributed by atoms with Crippen LogP contribution in [0.15, 0.2) is 0 Å². The number of nitrogens with zero attached hydrogens (tertiary/aromatic N) is 1. The summed E-state index contributed by atoms with van der Waals surface area (Å²) in [6.45, 7) is 7.69. The van der Waals surface area contributed by atoms with E-state index in [0.29, 0.717) is 0 Å². The molecular weight excluding hydrogens is 188 g/mol. The molecule has 0 aromatic heterocycles. The van der Waals surface area contributed by atoms with E-state index < -0.39 is 0 Å². The molecule has 0 amide bonds. The second kappa shape index (κ2) is 5.83. The lowest BCUT2D eigenvalue weighted by Crippen LogP contribution is -2.54. The van der Waals surface area contributed by atoms with Gasteiger partial charge < -0.3 is 10.5 Å². The Bertz CT molecular complexity index is 176. The molecule has 1 aliphatic carbocycles. The van der Waals surface area contributed by atoms with E-state index in [0.717, 1.165) is 38.6 Å². The molecule has 1 rings (SSSR count). The van der Waals surface area contributed by atoms with Crippen molar-refractivity contribution in [3.05, 3.63) is 0 Å². The summed E-state index contributed by atoms with van der Waals surface area (Å²) in [7, 11) is 2.19. The molecular formula is C12H26N2O. The van der Waals surface area contributed by atoms with Crippen molar-refractivity contribution < 1.29 is 4.74 Å². The van der Waals surface area contributed by atoms with Crippen molar-refractivity contribution in [2.24, 2.45) is 11.7 Å². The first-order valence-electron chi connectivity index (χ1n) is 6.20. The molecule has 0 saturated heterocycles. The Morgan fingerprint density at radius 1 is 1.40 bits per heavy atom. The van der Waals surface area contributed by atoms with Crippen LogP contribution in [0.4, 0.5) is 0 Å². The Morgan fingerprint density at radius 3 is 2.47 bits per heavy atom. The summed E-state index contributed by atoms with van der Waals surface area (Å²) in [6, 6.07) is 0. The lowest BCUT2D eigenvalue weighted by molar-refractivity contribution is 0.0524. The third kappa shape index (κ3) is 2.92. The summed E-state index contributed by atoms with van der Waals surface area (Å²) in [6.07, 6.45) is 3.85. The fraction of sp³-hybridized carbons (Fsp3) is 1.00. The maximum Gasteiger partial charge on any atom is 0.0593 e. The fourth-order valence-corrected chi connectivity index (χ4v) is 2.53. The van der Waals surface area contributed by atoms with E-state index in [1.54, 1.807) is 0 Å². The highest BCUT2D eigenvalue weighted by Crippen LogP contribution is 2.44. The molecule has 0 bridgehead atoms. The van der Waals surface area contributed by atoms with Crippen LogP contribution in [-0.4, -0.2) is 43.8 Å². The van der Waals surface area contributed by atoms with Crippen LogP contribution < -0.4 is 5.73 Å². The zero-order valence-electron chi connectivity index (χ0n) is 10.5. The van der Waals surface area contributed by atoms with Crippen LogP contribution in [0.1, 0.15) is 33.1 Å². The summed E-state index contributed by atoms with van der Waals surface area (Å²) in [5.41, 5.74) is 6.22. The summed E-state index contributed by atoms with van der Waals surface area (Å²) < 4.78 is 5.41. The highest BCUT2D eigenvalue weighted by Gasteiger charge is 2.45. The molecule has 90 valence electrons. The van der Waals surface area contributed by atoms with Crippen LogP contribution in [0.25, 0.3) is 0 Å². The SMILES string of the molecule is CCOCCN(C)C(CC)(CN)C1CC1. The first-order chi connectivity index (χ1) is 7.21. The monoisotopic (exact) mass is 214 g/mol. The predicted octanol–water partition coefficient (Wildman–Crippen LogP) is 1.47. The van der Waals surface area contributed by atoms with E-state index in [1.165, 1.54) is 12.8 Å². The van der Waals surface area contributed by atoms with Crippen molar-refractivity contribution in [1.29, 1.82) is 0 Å². The number of ether oxygens (including phenoxy) is 1. The van der Waals surface area contributed by atoms with E-state index in [1.807, 2.05) is 6.92 Å². The van der Waals surface area contributed by atoms with Gasteiger partial charge in [0.1, 0.15) is 0 Å². The van der Waals surface area contributed by atoms with Gasteiger partial charge in [-0.3, -0.25) is 4.90 Å². The third-order valence-electron chi connectivity index (χ3n) is 3.84. The average molecular weight is 214 g/mol. The molecule has 1 saturated carbocycles. The molecule has 0 aliphatic heterocycles. The number of nitrogens with two attached hydrogens (primary N) is 1. The van der Waals surface area contributed by atoms with Crippen molar-refractivity contribution >= 4 is 0 Å². The molecule has 0 aromatic carbocycles. The Morgan fingerprint density at radius 2 is 2.07 bits per heavy atom. The van der Waals surface area contributed by atoms with Gasteiger partial charge in [-0.25, -0.2) is 0 Å². The highest BCUT2D eigenvalue weighted by molar-refractivity contribution is 5.01. The quantitative estimate of drug-likeness (QED) is 0.622.